The summed E-state index contributed by atoms with van der Waals surface area (Å²) in [4.78, 5) is 37.6. The van der Waals surface area contributed by atoms with Crippen LogP contribution in [0.25, 0.3) is 10.8 Å². The highest BCUT2D eigenvalue weighted by Crippen LogP contribution is 2.29. The molecule has 0 saturated carbocycles. The Bertz CT molecular complexity index is 1010. The lowest BCUT2D eigenvalue weighted by atomic mass is 9.95. The first-order valence-corrected chi connectivity index (χ1v) is 8.16. The Morgan fingerprint density at radius 1 is 0.846 bits per heavy atom. The summed E-state index contributed by atoms with van der Waals surface area (Å²) in [5.74, 6) is -1.16. The quantitative estimate of drug-likeness (QED) is 0.677. The molecule has 128 valence electrons. The largest absolute Gasteiger partial charge is 0.338 e. The van der Waals surface area contributed by atoms with Crippen molar-refractivity contribution in [2.24, 2.45) is 0 Å². The van der Waals surface area contributed by atoms with Gasteiger partial charge >= 0.3 is 6.03 Å². The van der Waals surface area contributed by atoms with Crippen LogP contribution in [0.4, 0.5) is 10.5 Å². The molecule has 0 aromatic heterocycles. The van der Waals surface area contributed by atoms with Crippen molar-refractivity contribution in [3.63, 3.8) is 0 Å². The highest BCUT2D eigenvalue weighted by molar-refractivity contribution is 6.30. The number of nitrogens with one attached hydrogen (secondary N) is 2. The number of hydrogen-bond donors (Lipinski definition) is 2. The molecular weight excluding hydrogens is 354 g/mol. The van der Waals surface area contributed by atoms with Gasteiger partial charge in [0.2, 0.25) is 0 Å². The molecule has 1 heterocycles. The van der Waals surface area contributed by atoms with Gasteiger partial charge < -0.3 is 5.32 Å². The molecule has 0 radical (unpaired) electrons. The number of halogens is 1. The molecular formula is C19H12ClN3O3. The molecule has 0 fully saturated rings. The lowest BCUT2D eigenvalue weighted by molar-refractivity contribution is 0.0547. The minimum Gasteiger partial charge on any atom is -0.307 e. The van der Waals surface area contributed by atoms with E-state index in [1.54, 1.807) is 48.5 Å². The van der Waals surface area contributed by atoms with Crippen LogP contribution in [0, 0.1) is 0 Å². The summed E-state index contributed by atoms with van der Waals surface area (Å²) in [5, 5.41) is 5.20. The fourth-order valence-electron chi connectivity index (χ4n) is 2.93. The van der Waals surface area contributed by atoms with Crippen molar-refractivity contribution < 1.29 is 14.4 Å². The first-order valence-electron chi connectivity index (χ1n) is 7.78. The van der Waals surface area contributed by atoms with Crippen LogP contribution in [0.5, 0.6) is 0 Å². The number of rotatable bonds is 2. The smallest absolute Gasteiger partial charge is 0.307 e. The van der Waals surface area contributed by atoms with E-state index in [0.29, 0.717) is 27.2 Å². The summed E-state index contributed by atoms with van der Waals surface area (Å²) in [7, 11) is 0. The van der Waals surface area contributed by atoms with E-state index in [2.05, 4.69) is 10.7 Å². The Labute approximate surface area is 153 Å². The van der Waals surface area contributed by atoms with Crippen LogP contribution < -0.4 is 10.7 Å². The van der Waals surface area contributed by atoms with Crippen LogP contribution in [0.1, 0.15) is 20.7 Å². The lowest BCUT2D eigenvalue weighted by Gasteiger charge is -2.27. The van der Waals surface area contributed by atoms with Gasteiger partial charge in [-0.15, -0.1) is 0 Å². The summed E-state index contributed by atoms with van der Waals surface area (Å²) in [6.07, 6.45) is 0. The molecule has 0 unspecified atom stereocenters. The average molecular weight is 366 g/mol. The van der Waals surface area contributed by atoms with E-state index in [9.17, 15) is 14.4 Å². The van der Waals surface area contributed by atoms with Gasteiger partial charge in [-0.3, -0.25) is 9.59 Å². The van der Waals surface area contributed by atoms with Crippen molar-refractivity contribution >= 4 is 45.9 Å². The Balaban J connectivity index is 1.62. The van der Waals surface area contributed by atoms with Gasteiger partial charge in [-0.05, 0) is 41.8 Å². The third kappa shape index (κ3) is 2.66. The number of carbonyl (C=O) groups excluding carboxylic acids is 3. The third-order valence-electron chi connectivity index (χ3n) is 4.09. The molecule has 0 bridgehead atoms. The molecule has 0 aliphatic carbocycles. The Morgan fingerprint density at radius 3 is 2.00 bits per heavy atom. The molecule has 26 heavy (non-hydrogen) atoms. The summed E-state index contributed by atoms with van der Waals surface area (Å²) in [6.45, 7) is 0. The van der Waals surface area contributed by atoms with Gasteiger partial charge in [-0.25, -0.2) is 10.2 Å². The van der Waals surface area contributed by atoms with Crippen molar-refractivity contribution in [1.29, 1.82) is 0 Å². The van der Waals surface area contributed by atoms with Gasteiger partial charge in [0.1, 0.15) is 0 Å². The second-order valence-electron chi connectivity index (χ2n) is 5.73. The van der Waals surface area contributed by atoms with Crippen molar-refractivity contribution in [2.45, 2.75) is 0 Å². The maximum absolute atomic E-state index is 12.7. The molecule has 6 nitrogen and oxygen atoms in total. The zero-order chi connectivity index (χ0) is 18.3. The normalized spacial score (nSPS) is 13.0. The predicted octanol–water partition coefficient (Wildman–Crippen LogP) is 3.83. The van der Waals surface area contributed by atoms with E-state index < -0.39 is 17.8 Å². The molecule has 1 aliphatic heterocycles. The van der Waals surface area contributed by atoms with Gasteiger partial charge in [0.15, 0.2) is 0 Å². The molecule has 3 aromatic rings. The lowest BCUT2D eigenvalue weighted by Crippen LogP contribution is -2.52. The van der Waals surface area contributed by atoms with E-state index in [4.69, 9.17) is 11.6 Å². The number of hydrazine groups is 1. The molecule has 2 N–H and O–H groups in total. The van der Waals surface area contributed by atoms with Gasteiger partial charge in [0.05, 0.1) is 11.1 Å². The molecule has 4 rings (SSSR count). The number of imide groups is 1. The van der Waals surface area contributed by atoms with Crippen LogP contribution in [-0.4, -0.2) is 22.9 Å². The fraction of sp³-hybridized carbons (Fsp3) is 0. The number of hydrogen-bond acceptors (Lipinski definition) is 3. The van der Waals surface area contributed by atoms with Crippen LogP contribution in [-0.2, 0) is 0 Å². The van der Waals surface area contributed by atoms with Gasteiger partial charge in [-0.2, -0.15) is 5.01 Å². The highest BCUT2D eigenvalue weighted by Gasteiger charge is 2.34. The van der Waals surface area contributed by atoms with Crippen LogP contribution in [0.15, 0.2) is 60.7 Å². The van der Waals surface area contributed by atoms with Crippen LogP contribution in [0.3, 0.4) is 0 Å². The second-order valence-corrected chi connectivity index (χ2v) is 6.16. The van der Waals surface area contributed by atoms with Gasteiger partial charge in [-0.1, -0.05) is 35.9 Å². The number of urea groups is 1. The Hall–Kier alpha value is -3.38. The van der Waals surface area contributed by atoms with Crippen LogP contribution >= 0.6 is 11.6 Å². The van der Waals surface area contributed by atoms with E-state index in [1.807, 2.05) is 12.1 Å². The monoisotopic (exact) mass is 365 g/mol. The SMILES string of the molecule is O=C(Nc1ccc(Cl)cc1)NN1C(=O)c2cccc3cccc(c23)C1=O. The minimum absolute atomic E-state index is 0.365. The molecule has 1 aliphatic rings. The summed E-state index contributed by atoms with van der Waals surface area (Å²) >= 11 is 5.80. The fourth-order valence-corrected chi connectivity index (χ4v) is 3.05. The molecule has 0 spiro atoms. The third-order valence-corrected chi connectivity index (χ3v) is 4.34. The summed E-state index contributed by atoms with van der Waals surface area (Å²) in [5.41, 5.74) is 3.53. The first-order chi connectivity index (χ1) is 12.5. The summed E-state index contributed by atoms with van der Waals surface area (Å²) < 4.78 is 0. The van der Waals surface area contributed by atoms with E-state index in [1.165, 1.54) is 0 Å². The maximum Gasteiger partial charge on any atom is 0.338 e. The standard InChI is InChI=1S/C19H12ClN3O3/c20-12-7-9-13(10-8-12)21-19(26)22-23-17(24)14-5-1-3-11-4-2-6-15(16(11)14)18(23)25/h1-10H,(H2,21,22,26). The van der Waals surface area contributed by atoms with Crippen molar-refractivity contribution in [2.75, 3.05) is 5.32 Å². The number of nitrogens with zero attached hydrogens (tertiary/aromatic N) is 1. The number of amides is 4. The average Bonchev–Trinajstić information content (AvgIpc) is 2.65. The number of benzene rings is 3. The zero-order valence-corrected chi connectivity index (χ0v) is 14.1. The molecule has 7 heteroatoms. The van der Waals surface area contributed by atoms with E-state index >= 15 is 0 Å². The maximum atomic E-state index is 12.7. The van der Waals surface area contributed by atoms with Gasteiger partial charge in [0.25, 0.3) is 11.8 Å². The predicted molar refractivity (Wildman–Crippen MR) is 98.1 cm³/mol. The Kier molecular flexibility index (Phi) is 3.82. The Morgan fingerprint density at radius 2 is 1.42 bits per heavy atom. The molecule has 0 atom stereocenters. The number of anilines is 1. The minimum atomic E-state index is -0.708. The zero-order valence-electron chi connectivity index (χ0n) is 13.3. The number of carbonyl (C=O) groups is 3. The van der Waals surface area contributed by atoms with E-state index in [-0.39, 0.29) is 0 Å². The highest BCUT2D eigenvalue weighted by atomic mass is 35.5. The van der Waals surface area contributed by atoms with Crippen molar-refractivity contribution in [1.82, 2.24) is 10.4 Å². The molecule has 3 aromatic carbocycles. The van der Waals surface area contributed by atoms with Gasteiger partial charge in [0, 0.05) is 16.1 Å². The van der Waals surface area contributed by atoms with Crippen molar-refractivity contribution in [3.8, 4) is 0 Å². The topological polar surface area (TPSA) is 78.5 Å². The molecule has 0 saturated heterocycles. The molecule has 4 amide bonds. The second kappa shape index (κ2) is 6.16. The first kappa shape index (κ1) is 16.1. The van der Waals surface area contributed by atoms with E-state index in [0.717, 1.165) is 10.4 Å². The summed E-state index contributed by atoms with van der Waals surface area (Å²) in [6, 6.07) is 16.1. The van der Waals surface area contributed by atoms with Crippen LogP contribution in [0.2, 0.25) is 5.02 Å². The van der Waals surface area contributed by atoms with Crippen molar-refractivity contribution in [3.05, 3.63) is 76.8 Å².